The van der Waals surface area contributed by atoms with E-state index in [-0.39, 0.29) is 18.1 Å². The number of piperidine rings is 1. The summed E-state index contributed by atoms with van der Waals surface area (Å²) in [5.41, 5.74) is 0. The molecule has 0 saturated carbocycles. The number of hydrogen-bond acceptors (Lipinski definition) is 3. The lowest BCUT2D eigenvalue weighted by Crippen LogP contribution is -2.52. The molecule has 1 aliphatic heterocycles. The maximum absolute atomic E-state index is 12.1. The van der Waals surface area contributed by atoms with E-state index < -0.39 is 12.0 Å². The molecule has 0 radical (unpaired) electrons. The van der Waals surface area contributed by atoms with Gasteiger partial charge >= 0.3 is 12.0 Å². The van der Waals surface area contributed by atoms with E-state index in [2.05, 4.69) is 5.32 Å². The molecule has 6 nitrogen and oxygen atoms in total. The lowest BCUT2D eigenvalue weighted by Gasteiger charge is -2.32. The van der Waals surface area contributed by atoms with E-state index in [0.29, 0.717) is 19.5 Å². The number of nitrogens with zero attached hydrogens (tertiary/aromatic N) is 1. The van der Waals surface area contributed by atoms with E-state index in [0.717, 1.165) is 12.8 Å². The summed E-state index contributed by atoms with van der Waals surface area (Å²) in [4.78, 5) is 24.8. The summed E-state index contributed by atoms with van der Waals surface area (Å²) in [5.74, 6) is -0.767. The number of rotatable bonds is 5. The van der Waals surface area contributed by atoms with Crippen LogP contribution < -0.4 is 5.32 Å². The van der Waals surface area contributed by atoms with Gasteiger partial charge in [0.05, 0.1) is 6.10 Å². The molecule has 2 atom stereocenters. The molecule has 0 bridgehead atoms. The minimum absolute atomic E-state index is 0.0490. The summed E-state index contributed by atoms with van der Waals surface area (Å²) >= 11 is 0. The summed E-state index contributed by atoms with van der Waals surface area (Å²) in [6.45, 7) is 5.05. The van der Waals surface area contributed by atoms with Crippen LogP contribution in [-0.2, 0) is 9.53 Å². The lowest BCUT2D eigenvalue weighted by atomic mass is 10.0. The average molecular weight is 272 g/mol. The van der Waals surface area contributed by atoms with Gasteiger partial charge in [-0.3, -0.25) is 0 Å². The van der Waals surface area contributed by atoms with Crippen molar-refractivity contribution < 1.29 is 19.4 Å². The van der Waals surface area contributed by atoms with Crippen LogP contribution in [0.15, 0.2) is 0 Å². The van der Waals surface area contributed by atoms with Gasteiger partial charge in [0.25, 0.3) is 0 Å². The number of carboxylic acid groups (broad SMARTS) is 1. The third kappa shape index (κ3) is 5.06. The molecular formula is C13H24N2O4. The van der Waals surface area contributed by atoms with E-state index in [1.54, 1.807) is 12.0 Å². The number of carbonyl (C=O) groups excluding carboxylic acids is 1. The minimum atomic E-state index is -0.984. The number of carboxylic acids is 1. The van der Waals surface area contributed by atoms with Crippen LogP contribution in [0.2, 0.25) is 0 Å². The fraction of sp³-hybridized carbons (Fsp3) is 0.846. The lowest BCUT2D eigenvalue weighted by molar-refractivity contribution is -0.139. The molecule has 0 aromatic heterocycles. The number of aliphatic carboxylic acids is 1. The molecule has 2 amide bonds. The van der Waals surface area contributed by atoms with Gasteiger partial charge in [0.1, 0.15) is 6.04 Å². The molecule has 1 unspecified atom stereocenters. The number of likely N-dealkylation sites (tertiary alicyclic amines) is 1. The second kappa shape index (κ2) is 7.33. The largest absolute Gasteiger partial charge is 0.480 e. The number of methoxy groups -OCH3 is 1. The van der Waals surface area contributed by atoms with Crippen molar-refractivity contribution in [1.82, 2.24) is 10.2 Å². The topological polar surface area (TPSA) is 78.9 Å². The standard InChI is InChI=1S/C13H24N2O4/c1-9(2)7-11(12(16)17)14-13(18)15-6-4-5-10(8-15)19-3/h9-11H,4-8H2,1-3H3,(H,14,18)(H,16,17)/t10?,11-/m0/s1. The zero-order valence-corrected chi connectivity index (χ0v) is 11.9. The Labute approximate surface area is 114 Å². The van der Waals surface area contributed by atoms with Crippen molar-refractivity contribution in [3.8, 4) is 0 Å². The van der Waals surface area contributed by atoms with Gasteiger partial charge in [-0.1, -0.05) is 13.8 Å². The maximum atomic E-state index is 12.1. The zero-order valence-electron chi connectivity index (χ0n) is 11.9. The van der Waals surface area contributed by atoms with Crippen molar-refractivity contribution in [2.75, 3.05) is 20.2 Å². The Balaban J connectivity index is 2.53. The van der Waals surface area contributed by atoms with E-state index in [1.165, 1.54) is 0 Å². The first-order valence-corrected chi connectivity index (χ1v) is 6.75. The molecule has 0 spiro atoms. The Morgan fingerprint density at radius 1 is 1.47 bits per heavy atom. The van der Waals surface area contributed by atoms with Crippen LogP contribution in [-0.4, -0.2) is 54.4 Å². The molecule has 1 rings (SSSR count). The van der Waals surface area contributed by atoms with Gasteiger partial charge in [-0.2, -0.15) is 0 Å². The Hall–Kier alpha value is -1.30. The third-order valence-electron chi connectivity index (χ3n) is 3.30. The van der Waals surface area contributed by atoms with Crippen LogP contribution in [0.5, 0.6) is 0 Å². The summed E-state index contributed by atoms with van der Waals surface area (Å²) in [7, 11) is 1.63. The second-order valence-corrected chi connectivity index (χ2v) is 5.42. The highest BCUT2D eigenvalue weighted by Gasteiger charge is 2.27. The number of carbonyl (C=O) groups is 2. The highest BCUT2D eigenvalue weighted by molar-refractivity contribution is 5.82. The molecule has 0 aromatic rings. The summed E-state index contributed by atoms with van der Waals surface area (Å²) in [5, 5.41) is 11.7. The van der Waals surface area contributed by atoms with Gasteiger partial charge in [0, 0.05) is 20.2 Å². The average Bonchev–Trinajstić information content (AvgIpc) is 2.37. The zero-order chi connectivity index (χ0) is 14.4. The molecule has 1 fully saturated rings. The van der Waals surface area contributed by atoms with Crippen molar-refractivity contribution in [3.05, 3.63) is 0 Å². The number of nitrogens with one attached hydrogen (secondary N) is 1. The molecule has 0 aromatic carbocycles. The van der Waals surface area contributed by atoms with E-state index >= 15 is 0 Å². The van der Waals surface area contributed by atoms with Crippen molar-refractivity contribution in [2.24, 2.45) is 5.92 Å². The Kier molecular flexibility index (Phi) is 6.08. The molecule has 1 heterocycles. The molecular weight excluding hydrogens is 248 g/mol. The van der Waals surface area contributed by atoms with Crippen molar-refractivity contribution in [2.45, 2.75) is 45.3 Å². The molecule has 1 saturated heterocycles. The maximum Gasteiger partial charge on any atom is 0.326 e. The normalized spacial score (nSPS) is 21.3. The first kappa shape index (κ1) is 15.8. The van der Waals surface area contributed by atoms with Gasteiger partial charge in [0.2, 0.25) is 0 Å². The quantitative estimate of drug-likeness (QED) is 0.791. The van der Waals surface area contributed by atoms with Gasteiger partial charge in [-0.25, -0.2) is 9.59 Å². The number of hydrogen-bond donors (Lipinski definition) is 2. The van der Waals surface area contributed by atoms with Crippen LogP contribution >= 0.6 is 0 Å². The van der Waals surface area contributed by atoms with E-state index in [9.17, 15) is 9.59 Å². The first-order chi connectivity index (χ1) is 8.93. The Morgan fingerprint density at radius 2 is 2.16 bits per heavy atom. The highest BCUT2D eigenvalue weighted by atomic mass is 16.5. The van der Waals surface area contributed by atoms with Crippen LogP contribution in [0.1, 0.15) is 33.1 Å². The molecule has 1 aliphatic rings. The van der Waals surface area contributed by atoms with E-state index in [1.807, 2.05) is 13.8 Å². The van der Waals surface area contributed by atoms with Crippen molar-refractivity contribution in [3.63, 3.8) is 0 Å². The van der Waals surface area contributed by atoms with Crippen LogP contribution in [0.4, 0.5) is 4.79 Å². The highest BCUT2D eigenvalue weighted by Crippen LogP contribution is 2.13. The van der Waals surface area contributed by atoms with Gasteiger partial charge in [0.15, 0.2) is 0 Å². The molecule has 2 N–H and O–H groups in total. The minimum Gasteiger partial charge on any atom is -0.480 e. The van der Waals surface area contributed by atoms with Crippen LogP contribution in [0.3, 0.4) is 0 Å². The Morgan fingerprint density at radius 3 is 2.68 bits per heavy atom. The van der Waals surface area contributed by atoms with Gasteiger partial charge in [-0.15, -0.1) is 0 Å². The van der Waals surface area contributed by atoms with E-state index in [4.69, 9.17) is 9.84 Å². The first-order valence-electron chi connectivity index (χ1n) is 6.75. The predicted octanol–water partition coefficient (Wildman–Crippen LogP) is 1.31. The van der Waals surface area contributed by atoms with Gasteiger partial charge in [-0.05, 0) is 25.2 Å². The Bertz CT molecular complexity index is 320. The molecule has 0 aliphatic carbocycles. The number of ether oxygens (including phenoxy) is 1. The molecule has 6 heteroatoms. The van der Waals surface area contributed by atoms with Crippen molar-refractivity contribution in [1.29, 1.82) is 0 Å². The monoisotopic (exact) mass is 272 g/mol. The number of amides is 2. The molecule has 19 heavy (non-hydrogen) atoms. The fourth-order valence-electron chi connectivity index (χ4n) is 2.25. The van der Waals surface area contributed by atoms with Gasteiger partial charge < -0.3 is 20.1 Å². The van der Waals surface area contributed by atoms with Crippen molar-refractivity contribution >= 4 is 12.0 Å². The molecule has 110 valence electrons. The second-order valence-electron chi connectivity index (χ2n) is 5.42. The smallest absolute Gasteiger partial charge is 0.326 e. The predicted molar refractivity (Wildman–Crippen MR) is 71.0 cm³/mol. The summed E-state index contributed by atoms with van der Waals surface area (Å²) < 4.78 is 5.25. The van der Waals surface area contributed by atoms with Crippen LogP contribution in [0.25, 0.3) is 0 Å². The summed E-state index contributed by atoms with van der Waals surface area (Å²) in [6.07, 6.45) is 2.30. The van der Waals surface area contributed by atoms with Crippen LogP contribution in [0, 0.1) is 5.92 Å². The SMILES string of the molecule is COC1CCCN(C(=O)N[C@@H](CC(C)C)C(=O)O)C1. The third-order valence-corrected chi connectivity index (χ3v) is 3.30. The number of urea groups is 1. The fourth-order valence-corrected chi connectivity index (χ4v) is 2.25. The summed E-state index contributed by atoms with van der Waals surface area (Å²) in [6, 6.07) is -1.13.